The van der Waals surface area contributed by atoms with Crippen LogP contribution in [-0.2, 0) is 4.79 Å². The second-order valence-corrected chi connectivity index (χ2v) is 8.16. The van der Waals surface area contributed by atoms with Crippen molar-refractivity contribution in [2.75, 3.05) is 12.3 Å². The fourth-order valence-electron chi connectivity index (χ4n) is 3.65. The smallest absolute Gasteiger partial charge is 0.277 e. The molecule has 0 bridgehead atoms. The average Bonchev–Trinajstić information content (AvgIpc) is 3.25. The van der Waals surface area contributed by atoms with Crippen molar-refractivity contribution in [3.8, 4) is 11.5 Å². The van der Waals surface area contributed by atoms with Gasteiger partial charge in [-0.05, 0) is 63.8 Å². The SMILES string of the molecule is Cc1[nH]c2ccc(-c3nnc(SCC(=O)N4CCCC[C@@H]4C)o3)cc2c1C. The maximum Gasteiger partial charge on any atom is 0.277 e. The molecule has 0 spiro atoms. The normalized spacial score (nSPS) is 17.6. The fourth-order valence-corrected chi connectivity index (χ4v) is 4.30. The molecule has 7 heteroatoms. The first-order valence-electron chi connectivity index (χ1n) is 9.38. The molecular formula is C20H24N4O2S. The molecule has 4 rings (SSSR count). The molecule has 0 radical (unpaired) electrons. The van der Waals surface area contributed by atoms with Gasteiger partial charge in [-0.1, -0.05) is 11.8 Å². The topological polar surface area (TPSA) is 75.0 Å². The van der Waals surface area contributed by atoms with E-state index in [9.17, 15) is 4.79 Å². The van der Waals surface area contributed by atoms with E-state index in [0.29, 0.717) is 22.9 Å². The number of nitrogens with zero attached hydrogens (tertiary/aromatic N) is 3. The maximum atomic E-state index is 12.5. The Kier molecular flexibility index (Phi) is 4.95. The maximum absolute atomic E-state index is 12.5. The van der Waals surface area contributed by atoms with Gasteiger partial charge in [0, 0.05) is 34.7 Å². The summed E-state index contributed by atoms with van der Waals surface area (Å²) in [5.74, 6) is 0.962. The molecule has 1 aliphatic heterocycles. The van der Waals surface area contributed by atoms with Gasteiger partial charge in [-0.3, -0.25) is 4.79 Å². The quantitative estimate of drug-likeness (QED) is 0.678. The number of hydrogen-bond donors (Lipinski definition) is 1. The zero-order valence-electron chi connectivity index (χ0n) is 15.9. The minimum atomic E-state index is 0.145. The number of carbonyl (C=O) groups excluding carboxylic acids is 1. The minimum Gasteiger partial charge on any atom is -0.411 e. The number of aryl methyl sites for hydroxylation is 2. The Morgan fingerprint density at radius 1 is 1.33 bits per heavy atom. The summed E-state index contributed by atoms with van der Waals surface area (Å²) in [5, 5.41) is 9.86. The number of amides is 1. The third-order valence-electron chi connectivity index (χ3n) is 5.40. The van der Waals surface area contributed by atoms with Gasteiger partial charge in [0.2, 0.25) is 11.8 Å². The summed E-state index contributed by atoms with van der Waals surface area (Å²) in [5.41, 5.74) is 4.38. The Bertz CT molecular complexity index is 978. The van der Waals surface area contributed by atoms with E-state index < -0.39 is 0 Å². The molecule has 1 aliphatic rings. The first-order valence-corrected chi connectivity index (χ1v) is 10.4. The molecule has 1 fully saturated rings. The number of H-pyrrole nitrogens is 1. The molecule has 2 aromatic heterocycles. The van der Waals surface area contributed by atoms with Crippen molar-refractivity contribution in [3.05, 3.63) is 29.5 Å². The van der Waals surface area contributed by atoms with Crippen LogP contribution >= 0.6 is 11.8 Å². The van der Waals surface area contributed by atoms with Crippen molar-refractivity contribution in [2.45, 2.75) is 51.3 Å². The van der Waals surface area contributed by atoms with Crippen molar-refractivity contribution in [1.82, 2.24) is 20.1 Å². The predicted octanol–water partition coefficient (Wildman–Crippen LogP) is 4.33. The lowest BCUT2D eigenvalue weighted by molar-refractivity contribution is -0.131. The van der Waals surface area contributed by atoms with Crippen LogP contribution in [0.4, 0.5) is 0 Å². The Hall–Kier alpha value is -2.28. The van der Waals surface area contributed by atoms with Gasteiger partial charge in [-0.25, -0.2) is 0 Å². The molecule has 1 N–H and O–H groups in total. The van der Waals surface area contributed by atoms with Crippen molar-refractivity contribution < 1.29 is 9.21 Å². The standard InChI is InChI=1S/C20H24N4O2S/c1-12-6-4-5-9-24(12)18(25)11-27-20-23-22-19(26-20)15-7-8-17-16(10-15)13(2)14(3)21-17/h7-8,10,12,21H,4-6,9,11H2,1-3H3/t12-/m0/s1. The van der Waals surface area contributed by atoms with E-state index >= 15 is 0 Å². The van der Waals surface area contributed by atoms with Crippen LogP contribution in [-0.4, -0.2) is 44.3 Å². The molecular weight excluding hydrogens is 360 g/mol. The van der Waals surface area contributed by atoms with Gasteiger partial charge in [0.1, 0.15) is 0 Å². The van der Waals surface area contributed by atoms with Crippen LogP contribution in [0.3, 0.4) is 0 Å². The Morgan fingerprint density at radius 3 is 3.00 bits per heavy atom. The van der Waals surface area contributed by atoms with Crippen molar-refractivity contribution in [2.24, 2.45) is 0 Å². The molecule has 1 atom stereocenters. The molecule has 3 aromatic rings. The van der Waals surface area contributed by atoms with Crippen LogP contribution in [0.1, 0.15) is 37.4 Å². The Balaban J connectivity index is 1.45. The number of carbonyl (C=O) groups is 1. The summed E-state index contributed by atoms with van der Waals surface area (Å²) in [6.07, 6.45) is 3.38. The van der Waals surface area contributed by atoms with Gasteiger partial charge in [0.15, 0.2) is 0 Å². The third-order valence-corrected chi connectivity index (χ3v) is 6.21. The zero-order valence-corrected chi connectivity index (χ0v) is 16.7. The van der Waals surface area contributed by atoms with E-state index in [1.54, 1.807) is 0 Å². The van der Waals surface area contributed by atoms with Crippen LogP contribution in [0.5, 0.6) is 0 Å². The van der Waals surface area contributed by atoms with Crippen LogP contribution in [0, 0.1) is 13.8 Å². The number of fused-ring (bicyclic) bond motifs is 1. The van der Waals surface area contributed by atoms with E-state index in [-0.39, 0.29) is 5.91 Å². The highest BCUT2D eigenvalue weighted by atomic mass is 32.2. The van der Waals surface area contributed by atoms with E-state index in [4.69, 9.17) is 4.42 Å². The highest BCUT2D eigenvalue weighted by molar-refractivity contribution is 7.99. The Morgan fingerprint density at radius 2 is 2.19 bits per heavy atom. The molecule has 1 amide bonds. The van der Waals surface area contributed by atoms with E-state index in [1.165, 1.54) is 23.7 Å². The number of thioether (sulfide) groups is 1. The Labute approximate surface area is 162 Å². The summed E-state index contributed by atoms with van der Waals surface area (Å²) in [6.45, 7) is 7.13. The molecule has 3 heterocycles. The summed E-state index contributed by atoms with van der Waals surface area (Å²) < 4.78 is 5.79. The lowest BCUT2D eigenvalue weighted by Crippen LogP contribution is -2.42. The van der Waals surface area contributed by atoms with E-state index in [2.05, 4.69) is 42.0 Å². The van der Waals surface area contributed by atoms with Crippen molar-refractivity contribution >= 4 is 28.6 Å². The first kappa shape index (κ1) is 18.1. The van der Waals surface area contributed by atoms with E-state index in [1.807, 2.05) is 17.0 Å². The number of rotatable bonds is 4. The summed E-state index contributed by atoms with van der Waals surface area (Å²) in [7, 11) is 0. The van der Waals surface area contributed by atoms with Gasteiger partial charge in [-0.2, -0.15) is 0 Å². The lowest BCUT2D eigenvalue weighted by atomic mass is 10.0. The van der Waals surface area contributed by atoms with Gasteiger partial charge < -0.3 is 14.3 Å². The van der Waals surface area contributed by atoms with Gasteiger partial charge in [0.05, 0.1) is 5.75 Å². The molecule has 0 aliphatic carbocycles. The number of likely N-dealkylation sites (tertiary alicyclic amines) is 1. The fraction of sp³-hybridized carbons (Fsp3) is 0.450. The minimum absolute atomic E-state index is 0.145. The summed E-state index contributed by atoms with van der Waals surface area (Å²) in [6, 6.07) is 6.39. The van der Waals surface area contributed by atoms with Crippen molar-refractivity contribution in [3.63, 3.8) is 0 Å². The van der Waals surface area contributed by atoms with Gasteiger partial charge >= 0.3 is 0 Å². The molecule has 1 aromatic carbocycles. The van der Waals surface area contributed by atoms with Crippen LogP contribution in [0.15, 0.2) is 27.8 Å². The molecule has 1 saturated heterocycles. The predicted molar refractivity (Wildman–Crippen MR) is 107 cm³/mol. The monoisotopic (exact) mass is 384 g/mol. The number of hydrogen-bond acceptors (Lipinski definition) is 5. The highest BCUT2D eigenvalue weighted by Gasteiger charge is 2.23. The molecule has 0 unspecified atom stereocenters. The largest absolute Gasteiger partial charge is 0.411 e. The lowest BCUT2D eigenvalue weighted by Gasteiger charge is -2.33. The van der Waals surface area contributed by atoms with E-state index in [0.717, 1.165) is 41.5 Å². The number of aromatic amines is 1. The van der Waals surface area contributed by atoms with Crippen LogP contribution in [0.25, 0.3) is 22.4 Å². The van der Waals surface area contributed by atoms with Crippen LogP contribution in [0.2, 0.25) is 0 Å². The van der Waals surface area contributed by atoms with Crippen LogP contribution < -0.4 is 0 Å². The third kappa shape index (κ3) is 3.60. The number of benzene rings is 1. The zero-order chi connectivity index (χ0) is 19.0. The second-order valence-electron chi connectivity index (χ2n) is 7.23. The average molecular weight is 385 g/mol. The number of nitrogens with one attached hydrogen (secondary N) is 1. The summed E-state index contributed by atoms with van der Waals surface area (Å²) >= 11 is 1.31. The number of aromatic nitrogens is 3. The van der Waals surface area contributed by atoms with Crippen molar-refractivity contribution in [1.29, 1.82) is 0 Å². The molecule has 0 saturated carbocycles. The molecule has 142 valence electrons. The molecule has 27 heavy (non-hydrogen) atoms. The first-order chi connectivity index (χ1) is 13.0. The number of piperidine rings is 1. The summed E-state index contributed by atoms with van der Waals surface area (Å²) in [4.78, 5) is 17.8. The van der Waals surface area contributed by atoms with Gasteiger partial charge in [-0.15, -0.1) is 10.2 Å². The van der Waals surface area contributed by atoms with Gasteiger partial charge in [0.25, 0.3) is 5.22 Å². The second kappa shape index (κ2) is 7.38. The highest BCUT2D eigenvalue weighted by Crippen LogP contribution is 2.29. The molecule has 6 nitrogen and oxygen atoms in total.